The number of piperazine rings is 1. The molecular formula is C20H27F6N7O4. The van der Waals surface area contributed by atoms with E-state index in [1.165, 1.54) is 0 Å². The van der Waals surface area contributed by atoms with Crippen LogP contribution in [0.15, 0.2) is 12.4 Å². The lowest BCUT2D eigenvalue weighted by molar-refractivity contribution is -0.193. The Morgan fingerprint density at radius 3 is 2.38 bits per heavy atom. The van der Waals surface area contributed by atoms with Gasteiger partial charge in [-0.15, -0.1) is 0 Å². The summed E-state index contributed by atoms with van der Waals surface area (Å²) in [7, 11) is 0. The number of aromatic nitrogens is 2. The van der Waals surface area contributed by atoms with Gasteiger partial charge >= 0.3 is 12.4 Å². The number of anilines is 1. The van der Waals surface area contributed by atoms with Crippen molar-refractivity contribution in [1.82, 2.24) is 31.0 Å². The van der Waals surface area contributed by atoms with Crippen LogP contribution >= 0.6 is 0 Å². The van der Waals surface area contributed by atoms with Crippen molar-refractivity contribution in [1.29, 1.82) is 0 Å². The van der Waals surface area contributed by atoms with Gasteiger partial charge in [-0.2, -0.15) is 26.3 Å². The normalized spacial score (nSPS) is 22.1. The Hall–Kier alpha value is -2.76. The van der Waals surface area contributed by atoms with Crippen LogP contribution in [0.2, 0.25) is 0 Å². The average Bonchev–Trinajstić information content (AvgIpc) is 2.84. The van der Waals surface area contributed by atoms with Crippen molar-refractivity contribution in [2.75, 3.05) is 57.4 Å². The molecule has 17 heteroatoms. The molecule has 0 saturated carbocycles. The summed E-state index contributed by atoms with van der Waals surface area (Å²) in [4.78, 5) is 34.8. The number of rotatable bonds is 9. The summed E-state index contributed by atoms with van der Waals surface area (Å²) >= 11 is 0. The number of hydrogen-bond donors (Lipinski definition) is 4. The smallest absolute Gasteiger partial charge is 0.395 e. The molecule has 2 saturated heterocycles. The van der Waals surface area contributed by atoms with Gasteiger partial charge in [0, 0.05) is 51.2 Å². The molecule has 0 spiro atoms. The first kappa shape index (κ1) is 28.8. The highest BCUT2D eigenvalue weighted by atomic mass is 19.4. The van der Waals surface area contributed by atoms with Crippen molar-refractivity contribution in [2.24, 2.45) is 5.92 Å². The number of carbonyl (C=O) groups excluding carboxylic acids is 2. The summed E-state index contributed by atoms with van der Waals surface area (Å²) in [6, 6.07) is -2.22. The van der Waals surface area contributed by atoms with Crippen molar-refractivity contribution in [2.45, 2.75) is 30.9 Å². The van der Waals surface area contributed by atoms with E-state index in [2.05, 4.69) is 20.7 Å². The number of hydrogen-bond acceptors (Lipinski definition) is 9. The zero-order valence-electron chi connectivity index (χ0n) is 19.5. The predicted octanol–water partition coefficient (Wildman–Crippen LogP) is -0.317. The zero-order chi connectivity index (χ0) is 27.2. The number of hydrazine groups is 1. The third kappa shape index (κ3) is 7.86. The van der Waals surface area contributed by atoms with E-state index in [9.17, 15) is 41.0 Å². The summed E-state index contributed by atoms with van der Waals surface area (Å²) in [6.07, 6.45) is -7.93. The Morgan fingerprint density at radius 1 is 1.16 bits per heavy atom. The molecule has 0 bridgehead atoms. The molecular weight excluding hydrogens is 516 g/mol. The number of aliphatic hydroxyl groups excluding tert-OH is 1. The van der Waals surface area contributed by atoms with E-state index in [1.807, 2.05) is 5.43 Å². The van der Waals surface area contributed by atoms with Crippen molar-refractivity contribution >= 4 is 17.8 Å². The van der Waals surface area contributed by atoms with Gasteiger partial charge in [0.05, 0.1) is 37.8 Å². The SMILES string of the molecule is O=C1NNCC(N[C@@H](CO)COCCC(=O)N2CCN(c3ncc(C(F)(F)F)cn3)CC2)C1C(F)(F)F. The van der Waals surface area contributed by atoms with E-state index in [0.29, 0.717) is 38.6 Å². The second-order valence-corrected chi connectivity index (χ2v) is 8.50. The van der Waals surface area contributed by atoms with Crippen LogP contribution in [0.1, 0.15) is 12.0 Å². The number of amides is 2. The molecule has 0 aromatic carbocycles. The van der Waals surface area contributed by atoms with Gasteiger partial charge in [0.25, 0.3) is 0 Å². The molecule has 2 unspecified atom stereocenters. The molecule has 3 atom stereocenters. The molecule has 2 aliphatic rings. The monoisotopic (exact) mass is 543 g/mol. The molecule has 1 aromatic heterocycles. The van der Waals surface area contributed by atoms with E-state index in [0.717, 1.165) is 0 Å². The average molecular weight is 543 g/mol. The minimum Gasteiger partial charge on any atom is -0.395 e. The summed E-state index contributed by atoms with van der Waals surface area (Å²) < 4.78 is 83.0. The van der Waals surface area contributed by atoms with Crippen molar-refractivity contribution in [3.63, 3.8) is 0 Å². The second kappa shape index (κ2) is 12.2. The third-order valence-electron chi connectivity index (χ3n) is 5.90. The molecule has 3 rings (SSSR count). The molecule has 0 radical (unpaired) electrons. The third-order valence-corrected chi connectivity index (χ3v) is 5.90. The topological polar surface area (TPSA) is 132 Å². The first-order valence-corrected chi connectivity index (χ1v) is 11.4. The van der Waals surface area contributed by atoms with E-state index >= 15 is 0 Å². The molecule has 2 fully saturated rings. The summed E-state index contributed by atoms with van der Waals surface area (Å²) in [6.45, 7) is 0.213. The maximum absolute atomic E-state index is 13.2. The van der Waals surface area contributed by atoms with E-state index in [4.69, 9.17) is 4.74 Å². The minimum absolute atomic E-state index is 0.0203. The van der Waals surface area contributed by atoms with Gasteiger partial charge in [0.15, 0.2) is 5.92 Å². The Kier molecular flexibility index (Phi) is 9.49. The van der Waals surface area contributed by atoms with Crippen molar-refractivity contribution in [3.05, 3.63) is 18.0 Å². The van der Waals surface area contributed by atoms with E-state index < -0.39 is 48.4 Å². The summed E-state index contributed by atoms with van der Waals surface area (Å²) in [5, 5.41) is 12.1. The highest BCUT2D eigenvalue weighted by molar-refractivity contribution is 5.80. The van der Waals surface area contributed by atoms with Crippen LogP contribution in [-0.4, -0.2) is 103 Å². The lowest BCUT2D eigenvalue weighted by atomic mass is 9.96. The fourth-order valence-corrected chi connectivity index (χ4v) is 3.94. The Balaban J connectivity index is 1.39. The largest absolute Gasteiger partial charge is 0.419 e. The van der Waals surface area contributed by atoms with Crippen LogP contribution in [0.5, 0.6) is 0 Å². The molecule has 4 N–H and O–H groups in total. The molecule has 2 aliphatic heterocycles. The van der Waals surface area contributed by atoms with Crippen LogP contribution in [0.4, 0.5) is 32.3 Å². The van der Waals surface area contributed by atoms with Crippen LogP contribution in [0.3, 0.4) is 0 Å². The maximum atomic E-state index is 13.2. The number of halogens is 6. The molecule has 0 aliphatic carbocycles. The highest BCUT2D eigenvalue weighted by Crippen LogP contribution is 2.30. The number of alkyl halides is 6. The number of nitrogens with one attached hydrogen (secondary N) is 3. The standard InChI is InChI=1S/C20H27F6N7O4/c21-19(22,23)12-7-27-18(28-8-12)33-4-2-32(3-5-33)15(35)1-6-37-11-13(10-34)30-14-9-29-31-17(36)16(14)20(24,25)26/h7-8,13-14,16,29-30,34H,1-6,9-11H2,(H,31,36)/t13-,14?,16?/m0/s1. The van der Waals surface area contributed by atoms with Gasteiger partial charge in [0.1, 0.15) is 0 Å². The number of carbonyl (C=O) groups is 2. The predicted molar refractivity (Wildman–Crippen MR) is 115 cm³/mol. The Bertz CT molecular complexity index is 910. The number of nitrogens with zero attached hydrogens (tertiary/aromatic N) is 4. The van der Waals surface area contributed by atoms with Crippen molar-refractivity contribution < 1.29 is 45.8 Å². The Morgan fingerprint density at radius 2 is 1.81 bits per heavy atom. The lowest BCUT2D eigenvalue weighted by Crippen LogP contribution is -2.65. The maximum Gasteiger partial charge on any atom is 0.419 e. The molecule has 1 aromatic rings. The molecule has 11 nitrogen and oxygen atoms in total. The van der Waals surface area contributed by atoms with Crippen LogP contribution in [-0.2, 0) is 20.5 Å². The minimum atomic E-state index is -4.78. The zero-order valence-corrected chi connectivity index (χ0v) is 19.5. The van der Waals surface area contributed by atoms with Gasteiger partial charge in [-0.1, -0.05) is 0 Å². The van der Waals surface area contributed by atoms with Crippen LogP contribution < -0.4 is 21.1 Å². The van der Waals surface area contributed by atoms with Gasteiger partial charge < -0.3 is 25.0 Å². The quantitative estimate of drug-likeness (QED) is 0.245. The Labute approximate surface area is 207 Å². The first-order valence-electron chi connectivity index (χ1n) is 11.4. The molecule has 37 heavy (non-hydrogen) atoms. The number of aliphatic hydroxyl groups is 1. The van der Waals surface area contributed by atoms with Crippen LogP contribution in [0, 0.1) is 5.92 Å². The van der Waals surface area contributed by atoms with Crippen LogP contribution in [0.25, 0.3) is 0 Å². The molecule has 2 amide bonds. The fourth-order valence-electron chi connectivity index (χ4n) is 3.94. The second-order valence-electron chi connectivity index (χ2n) is 8.50. The van der Waals surface area contributed by atoms with Gasteiger partial charge in [-0.25, -0.2) is 15.4 Å². The van der Waals surface area contributed by atoms with Gasteiger partial charge in [-0.3, -0.25) is 15.0 Å². The van der Waals surface area contributed by atoms with E-state index in [1.54, 1.807) is 9.80 Å². The number of ether oxygens (including phenoxy) is 1. The molecule has 208 valence electrons. The molecule has 3 heterocycles. The highest BCUT2D eigenvalue weighted by Gasteiger charge is 2.51. The fraction of sp³-hybridized carbons (Fsp3) is 0.700. The van der Waals surface area contributed by atoms with E-state index in [-0.39, 0.29) is 38.0 Å². The summed E-state index contributed by atoms with van der Waals surface area (Å²) in [5.41, 5.74) is 3.35. The first-order chi connectivity index (χ1) is 17.4. The van der Waals surface area contributed by atoms with Gasteiger partial charge in [0.2, 0.25) is 17.8 Å². The van der Waals surface area contributed by atoms with Crippen molar-refractivity contribution in [3.8, 4) is 0 Å². The lowest BCUT2D eigenvalue weighted by Gasteiger charge is -2.35. The summed E-state index contributed by atoms with van der Waals surface area (Å²) in [5.74, 6) is -3.64. The van der Waals surface area contributed by atoms with Gasteiger partial charge in [-0.05, 0) is 0 Å².